The zero-order chi connectivity index (χ0) is 18.0. The van der Waals surface area contributed by atoms with Crippen LogP contribution in [0.15, 0.2) is 42.9 Å². The predicted octanol–water partition coefficient (Wildman–Crippen LogP) is 3.94. The van der Waals surface area contributed by atoms with Crippen LogP contribution in [0.3, 0.4) is 0 Å². The first-order valence-corrected chi connectivity index (χ1v) is 7.91. The molecule has 1 aromatic carbocycles. The largest absolute Gasteiger partial charge is 0.466 e. The molecule has 0 aliphatic heterocycles. The minimum atomic E-state index is -1.28. The van der Waals surface area contributed by atoms with Crippen LogP contribution in [0.2, 0.25) is 10.0 Å². The van der Waals surface area contributed by atoms with Crippen molar-refractivity contribution >= 4 is 46.0 Å². The van der Waals surface area contributed by atoms with Crippen molar-refractivity contribution in [2.24, 2.45) is 0 Å². The van der Waals surface area contributed by atoms with Crippen molar-refractivity contribution in [1.29, 1.82) is 0 Å². The van der Waals surface area contributed by atoms with E-state index in [-0.39, 0.29) is 10.6 Å². The number of aromatic nitrogens is 2. The Morgan fingerprint density at radius 1 is 1.16 bits per heavy atom. The Morgan fingerprint density at radius 3 is 2.68 bits per heavy atom. The minimum Gasteiger partial charge on any atom is -0.466 e. The summed E-state index contributed by atoms with van der Waals surface area (Å²) in [4.78, 5) is 31.6. The van der Waals surface area contributed by atoms with Crippen LogP contribution in [0.4, 0.5) is 0 Å². The molecule has 2 aromatic heterocycles. The number of hydrogen-bond acceptors (Lipinski definition) is 5. The number of carbonyl (C=O) groups excluding carboxylic acids is 2. The molecule has 0 bridgehead atoms. The normalized spacial score (nSPS) is 12.0. The van der Waals surface area contributed by atoms with E-state index in [4.69, 9.17) is 32.7 Å². The van der Waals surface area contributed by atoms with Gasteiger partial charge in [0.05, 0.1) is 34.4 Å². The summed E-state index contributed by atoms with van der Waals surface area (Å²) < 4.78 is 10.1. The Hall–Kier alpha value is -2.57. The van der Waals surface area contributed by atoms with E-state index < -0.39 is 18.0 Å². The standard InChI is InChI=1S/C17H12Cl2N2O4/c1-24-17(23)15(9-2-3-12(18)13(19)6-9)25-16(22)11-7-20-8-14-10(11)4-5-21-14/h2-8,15,21H,1H3. The Labute approximate surface area is 152 Å². The fourth-order valence-electron chi connectivity index (χ4n) is 2.35. The van der Waals surface area contributed by atoms with Crippen LogP contribution in [0.1, 0.15) is 22.0 Å². The van der Waals surface area contributed by atoms with Crippen molar-refractivity contribution in [2.45, 2.75) is 6.10 Å². The van der Waals surface area contributed by atoms with Gasteiger partial charge in [0.1, 0.15) is 0 Å². The van der Waals surface area contributed by atoms with E-state index >= 15 is 0 Å². The van der Waals surface area contributed by atoms with Gasteiger partial charge in [-0.05, 0) is 18.2 Å². The monoisotopic (exact) mass is 378 g/mol. The number of methoxy groups -OCH3 is 1. The molecule has 0 spiro atoms. The summed E-state index contributed by atoms with van der Waals surface area (Å²) in [5.41, 5.74) is 1.26. The summed E-state index contributed by atoms with van der Waals surface area (Å²) in [5.74, 6) is -1.44. The number of ether oxygens (including phenoxy) is 2. The van der Waals surface area contributed by atoms with Crippen molar-refractivity contribution in [3.8, 4) is 0 Å². The van der Waals surface area contributed by atoms with Crippen LogP contribution in [0.5, 0.6) is 0 Å². The van der Waals surface area contributed by atoms with Crippen molar-refractivity contribution in [1.82, 2.24) is 9.97 Å². The lowest BCUT2D eigenvalue weighted by Crippen LogP contribution is -2.21. The van der Waals surface area contributed by atoms with Crippen LogP contribution >= 0.6 is 23.2 Å². The lowest BCUT2D eigenvalue weighted by atomic mass is 10.1. The molecule has 6 nitrogen and oxygen atoms in total. The molecule has 0 radical (unpaired) electrons. The third-order valence-corrected chi connectivity index (χ3v) is 4.32. The Bertz CT molecular complexity index is 955. The summed E-state index contributed by atoms with van der Waals surface area (Å²) >= 11 is 11.9. The van der Waals surface area contributed by atoms with E-state index in [0.29, 0.717) is 21.5 Å². The third-order valence-electron chi connectivity index (χ3n) is 3.58. The average Bonchev–Trinajstić information content (AvgIpc) is 3.10. The maximum atomic E-state index is 12.6. The van der Waals surface area contributed by atoms with Gasteiger partial charge in [0.2, 0.25) is 6.10 Å². The number of pyridine rings is 1. The highest BCUT2D eigenvalue weighted by Gasteiger charge is 2.28. The Kier molecular flexibility index (Phi) is 4.92. The number of carbonyl (C=O) groups is 2. The van der Waals surface area contributed by atoms with E-state index in [1.54, 1.807) is 18.5 Å². The second kappa shape index (κ2) is 7.13. The van der Waals surface area contributed by atoms with Gasteiger partial charge in [0.15, 0.2) is 0 Å². The third kappa shape index (κ3) is 3.45. The van der Waals surface area contributed by atoms with Crippen LogP contribution < -0.4 is 0 Å². The van der Waals surface area contributed by atoms with Crippen molar-refractivity contribution in [3.05, 3.63) is 64.0 Å². The van der Waals surface area contributed by atoms with Gasteiger partial charge in [0, 0.05) is 23.3 Å². The van der Waals surface area contributed by atoms with Crippen LogP contribution in [-0.2, 0) is 14.3 Å². The molecule has 3 aromatic rings. The number of benzene rings is 1. The van der Waals surface area contributed by atoms with Gasteiger partial charge in [-0.15, -0.1) is 0 Å². The van der Waals surface area contributed by atoms with Gasteiger partial charge >= 0.3 is 11.9 Å². The van der Waals surface area contributed by atoms with Crippen LogP contribution in [0.25, 0.3) is 10.9 Å². The number of hydrogen-bond donors (Lipinski definition) is 1. The fraction of sp³-hybridized carbons (Fsp3) is 0.118. The summed E-state index contributed by atoms with van der Waals surface area (Å²) in [6, 6.07) is 6.23. The molecule has 0 saturated carbocycles. The summed E-state index contributed by atoms with van der Waals surface area (Å²) in [6.07, 6.45) is 3.37. The van der Waals surface area contributed by atoms with Gasteiger partial charge in [-0.1, -0.05) is 29.3 Å². The Balaban J connectivity index is 1.95. The molecule has 8 heteroatoms. The van der Waals surface area contributed by atoms with E-state index in [0.717, 1.165) is 0 Å². The molecule has 1 atom stereocenters. The quantitative estimate of drug-likeness (QED) is 0.695. The SMILES string of the molecule is COC(=O)C(OC(=O)c1cncc2[nH]ccc12)c1ccc(Cl)c(Cl)c1. The molecule has 3 rings (SSSR count). The smallest absolute Gasteiger partial charge is 0.351 e. The molecule has 25 heavy (non-hydrogen) atoms. The van der Waals surface area contributed by atoms with E-state index in [2.05, 4.69) is 9.97 Å². The van der Waals surface area contributed by atoms with E-state index in [1.165, 1.54) is 31.5 Å². The zero-order valence-corrected chi connectivity index (χ0v) is 14.5. The van der Waals surface area contributed by atoms with E-state index in [1.807, 2.05) is 0 Å². The number of fused-ring (bicyclic) bond motifs is 1. The first-order valence-electron chi connectivity index (χ1n) is 7.16. The van der Waals surface area contributed by atoms with Gasteiger partial charge in [-0.3, -0.25) is 4.98 Å². The number of halogens is 2. The highest BCUT2D eigenvalue weighted by atomic mass is 35.5. The summed E-state index contributed by atoms with van der Waals surface area (Å²) in [5, 5.41) is 1.19. The molecule has 2 heterocycles. The second-order valence-corrected chi connectivity index (χ2v) is 5.92. The number of nitrogens with one attached hydrogen (secondary N) is 1. The van der Waals surface area contributed by atoms with Gasteiger partial charge < -0.3 is 14.5 Å². The molecular formula is C17H12Cl2N2O4. The zero-order valence-electron chi connectivity index (χ0n) is 13.0. The first-order chi connectivity index (χ1) is 12.0. The summed E-state index contributed by atoms with van der Waals surface area (Å²) in [7, 11) is 1.20. The number of H-pyrrole nitrogens is 1. The molecule has 1 unspecified atom stereocenters. The number of rotatable bonds is 4. The van der Waals surface area contributed by atoms with Gasteiger partial charge in [-0.2, -0.15) is 0 Å². The summed E-state index contributed by atoms with van der Waals surface area (Å²) in [6.45, 7) is 0. The molecule has 0 saturated heterocycles. The highest BCUT2D eigenvalue weighted by molar-refractivity contribution is 6.42. The number of aromatic amines is 1. The highest BCUT2D eigenvalue weighted by Crippen LogP contribution is 2.29. The molecule has 0 amide bonds. The minimum absolute atomic E-state index is 0.229. The molecule has 1 N–H and O–H groups in total. The maximum Gasteiger partial charge on any atom is 0.351 e. The predicted molar refractivity (Wildman–Crippen MR) is 92.7 cm³/mol. The number of nitrogens with zero attached hydrogens (tertiary/aromatic N) is 1. The molecular weight excluding hydrogens is 367 g/mol. The average molecular weight is 379 g/mol. The number of esters is 2. The topological polar surface area (TPSA) is 81.3 Å². The molecule has 0 fully saturated rings. The van der Waals surface area contributed by atoms with Crippen LogP contribution in [0, 0.1) is 0 Å². The van der Waals surface area contributed by atoms with Crippen molar-refractivity contribution in [2.75, 3.05) is 7.11 Å². The second-order valence-electron chi connectivity index (χ2n) is 5.11. The Morgan fingerprint density at radius 2 is 1.96 bits per heavy atom. The fourth-order valence-corrected chi connectivity index (χ4v) is 2.65. The molecule has 0 aliphatic rings. The van der Waals surface area contributed by atoms with Crippen molar-refractivity contribution < 1.29 is 19.1 Å². The lowest BCUT2D eigenvalue weighted by Gasteiger charge is -2.16. The first kappa shape index (κ1) is 17.3. The van der Waals surface area contributed by atoms with Crippen LogP contribution in [-0.4, -0.2) is 29.0 Å². The van der Waals surface area contributed by atoms with E-state index in [9.17, 15) is 9.59 Å². The van der Waals surface area contributed by atoms with Gasteiger partial charge in [0.25, 0.3) is 0 Å². The lowest BCUT2D eigenvalue weighted by molar-refractivity contribution is -0.151. The van der Waals surface area contributed by atoms with Crippen molar-refractivity contribution in [3.63, 3.8) is 0 Å². The molecule has 128 valence electrons. The van der Waals surface area contributed by atoms with Gasteiger partial charge in [-0.25, -0.2) is 9.59 Å². The maximum absolute atomic E-state index is 12.6. The molecule has 0 aliphatic carbocycles.